The second-order valence-corrected chi connectivity index (χ2v) is 4.13. The van der Waals surface area contributed by atoms with Crippen LogP contribution in [0.3, 0.4) is 0 Å². The van der Waals surface area contributed by atoms with Crippen molar-refractivity contribution in [3.05, 3.63) is 21.3 Å². The van der Waals surface area contributed by atoms with Crippen molar-refractivity contribution in [1.29, 1.82) is 0 Å². The van der Waals surface area contributed by atoms with Crippen molar-refractivity contribution in [1.82, 2.24) is 5.32 Å². The third kappa shape index (κ3) is 6.46. The molecule has 1 rings (SSSR count). The number of hydrogen-bond donors (Lipinski definition) is 3. The van der Waals surface area contributed by atoms with Crippen LogP contribution in [-0.2, 0) is 0 Å². The van der Waals surface area contributed by atoms with Gasteiger partial charge in [0.15, 0.2) is 0 Å². The average molecular weight is 252 g/mol. The number of amides is 1. The average Bonchev–Trinajstić information content (AvgIpc) is 2.66. The fraction of sp³-hybridized carbons (Fsp3) is 0.444. The van der Waals surface area contributed by atoms with Crippen LogP contribution in [0.1, 0.15) is 16.6 Å². The summed E-state index contributed by atoms with van der Waals surface area (Å²) in [6, 6.07) is 3.44. The first-order valence-corrected chi connectivity index (χ1v) is 5.60. The van der Waals surface area contributed by atoms with E-state index in [-0.39, 0.29) is 19.1 Å². The lowest BCUT2D eigenvalue weighted by molar-refractivity contribution is 0.0960. The predicted molar refractivity (Wildman–Crippen MR) is 61.5 cm³/mol. The second kappa shape index (κ2) is 8.67. The Hall–Kier alpha value is -0.620. The molecule has 0 unspecified atom stereocenters. The van der Waals surface area contributed by atoms with Gasteiger partial charge in [-0.3, -0.25) is 4.79 Å². The predicted octanol–water partition coefficient (Wildman–Crippen LogP) is 1.12. The molecule has 4 nitrogen and oxygen atoms in total. The molecule has 0 radical (unpaired) electrons. The van der Waals surface area contributed by atoms with Crippen LogP contribution in [0.4, 0.5) is 0 Å². The first-order valence-electron chi connectivity index (χ1n) is 4.41. The van der Waals surface area contributed by atoms with E-state index in [0.717, 1.165) is 0 Å². The van der Waals surface area contributed by atoms with Gasteiger partial charge in [-0.05, 0) is 19.1 Å². The van der Waals surface area contributed by atoms with Gasteiger partial charge in [-0.1, -0.05) is 11.6 Å². The zero-order valence-electron chi connectivity index (χ0n) is 8.36. The Morgan fingerprint density at radius 3 is 2.40 bits per heavy atom. The minimum absolute atomic E-state index is 0.0515. The molecular weight excluding hydrogens is 238 g/mol. The molecule has 0 spiro atoms. The molecule has 0 bridgehead atoms. The Morgan fingerprint density at radius 2 is 2.07 bits per heavy atom. The van der Waals surface area contributed by atoms with Gasteiger partial charge in [0.05, 0.1) is 22.4 Å². The molecule has 0 atom stereocenters. The van der Waals surface area contributed by atoms with E-state index >= 15 is 0 Å². The number of nitrogens with one attached hydrogen (secondary N) is 1. The van der Waals surface area contributed by atoms with Gasteiger partial charge in [-0.15, -0.1) is 11.3 Å². The van der Waals surface area contributed by atoms with E-state index in [4.69, 9.17) is 21.8 Å². The molecular formula is C9H14ClNO3S. The molecule has 1 aromatic heterocycles. The lowest BCUT2D eigenvalue weighted by Crippen LogP contribution is -2.21. The summed E-state index contributed by atoms with van der Waals surface area (Å²) in [7, 11) is 0. The fourth-order valence-corrected chi connectivity index (χ4v) is 1.64. The summed E-state index contributed by atoms with van der Waals surface area (Å²) in [5.74, 6) is -0.0515. The molecule has 0 aliphatic heterocycles. The minimum Gasteiger partial charge on any atom is -0.394 e. The van der Waals surface area contributed by atoms with Crippen molar-refractivity contribution in [2.75, 3.05) is 19.8 Å². The van der Waals surface area contributed by atoms with Crippen molar-refractivity contribution < 1.29 is 15.0 Å². The van der Waals surface area contributed by atoms with Gasteiger partial charge < -0.3 is 15.5 Å². The summed E-state index contributed by atoms with van der Waals surface area (Å²) in [4.78, 5) is 11.8. The third-order valence-electron chi connectivity index (χ3n) is 1.23. The number of aliphatic hydroxyl groups excluding tert-OH is 2. The molecule has 0 aromatic carbocycles. The molecule has 0 saturated heterocycles. The van der Waals surface area contributed by atoms with Crippen LogP contribution in [-0.4, -0.2) is 35.9 Å². The maximum atomic E-state index is 11.1. The van der Waals surface area contributed by atoms with Gasteiger partial charge in [0.1, 0.15) is 0 Å². The Labute approximate surface area is 97.5 Å². The first-order chi connectivity index (χ1) is 7.15. The zero-order chi connectivity index (χ0) is 11.7. The fourth-order valence-electron chi connectivity index (χ4n) is 0.684. The van der Waals surface area contributed by atoms with Gasteiger partial charge in [0, 0.05) is 6.54 Å². The molecule has 86 valence electrons. The van der Waals surface area contributed by atoms with Gasteiger partial charge in [-0.2, -0.15) is 0 Å². The molecule has 0 fully saturated rings. The highest BCUT2D eigenvalue weighted by molar-refractivity contribution is 7.17. The van der Waals surface area contributed by atoms with Crippen LogP contribution in [0.25, 0.3) is 0 Å². The number of thiophene rings is 1. The van der Waals surface area contributed by atoms with Gasteiger partial charge in [0.25, 0.3) is 5.91 Å². The zero-order valence-corrected chi connectivity index (χ0v) is 9.94. The van der Waals surface area contributed by atoms with E-state index in [1.54, 1.807) is 12.1 Å². The lowest BCUT2D eigenvalue weighted by Gasteiger charge is -1.95. The number of hydrogen-bond acceptors (Lipinski definition) is 4. The van der Waals surface area contributed by atoms with Crippen LogP contribution >= 0.6 is 22.9 Å². The highest BCUT2D eigenvalue weighted by atomic mass is 35.5. The quantitative estimate of drug-likeness (QED) is 0.754. The van der Waals surface area contributed by atoms with Crippen molar-refractivity contribution in [3.63, 3.8) is 0 Å². The molecule has 0 aliphatic carbocycles. The SMILES string of the molecule is CCNC(=O)c1ccc(Cl)s1.OCCO. The third-order valence-corrected chi connectivity index (χ3v) is 2.46. The Balaban J connectivity index is 0.000000423. The van der Waals surface area contributed by atoms with Crippen molar-refractivity contribution >= 4 is 28.8 Å². The number of rotatable bonds is 3. The maximum absolute atomic E-state index is 11.1. The summed E-state index contributed by atoms with van der Waals surface area (Å²) >= 11 is 6.93. The normalized spacial score (nSPS) is 9.07. The number of halogens is 1. The molecule has 3 N–H and O–H groups in total. The van der Waals surface area contributed by atoms with Crippen LogP contribution < -0.4 is 5.32 Å². The summed E-state index contributed by atoms with van der Waals surface area (Å²) in [6.07, 6.45) is 0. The van der Waals surface area contributed by atoms with Gasteiger partial charge >= 0.3 is 0 Å². The maximum Gasteiger partial charge on any atom is 0.261 e. The van der Waals surface area contributed by atoms with Crippen molar-refractivity contribution in [2.45, 2.75) is 6.92 Å². The van der Waals surface area contributed by atoms with Gasteiger partial charge in [0.2, 0.25) is 0 Å². The number of carbonyl (C=O) groups excluding carboxylic acids is 1. The van der Waals surface area contributed by atoms with E-state index < -0.39 is 0 Å². The summed E-state index contributed by atoms with van der Waals surface area (Å²) in [5.41, 5.74) is 0. The second-order valence-electron chi connectivity index (χ2n) is 2.41. The van der Waals surface area contributed by atoms with E-state index in [1.807, 2.05) is 6.92 Å². The van der Waals surface area contributed by atoms with E-state index in [1.165, 1.54) is 11.3 Å². The summed E-state index contributed by atoms with van der Waals surface area (Å²) in [5, 5.41) is 17.9. The molecule has 15 heavy (non-hydrogen) atoms. The smallest absolute Gasteiger partial charge is 0.261 e. The molecule has 1 aromatic rings. The van der Waals surface area contributed by atoms with Crippen molar-refractivity contribution in [2.24, 2.45) is 0 Å². The van der Waals surface area contributed by atoms with Crippen LogP contribution in [0.5, 0.6) is 0 Å². The van der Waals surface area contributed by atoms with E-state index in [9.17, 15) is 4.79 Å². The van der Waals surface area contributed by atoms with Crippen LogP contribution in [0.15, 0.2) is 12.1 Å². The number of carbonyl (C=O) groups is 1. The molecule has 1 amide bonds. The van der Waals surface area contributed by atoms with Gasteiger partial charge in [-0.25, -0.2) is 0 Å². The molecule has 6 heteroatoms. The highest BCUT2D eigenvalue weighted by Crippen LogP contribution is 2.20. The largest absolute Gasteiger partial charge is 0.394 e. The molecule has 0 aliphatic rings. The van der Waals surface area contributed by atoms with E-state index in [0.29, 0.717) is 15.8 Å². The number of aliphatic hydroxyl groups is 2. The summed E-state index contributed by atoms with van der Waals surface area (Å²) in [6.45, 7) is 2.28. The summed E-state index contributed by atoms with van der Waals surface area (Å²) < 4.78 is 0.645. The van der Waals surface area contributed by atoms with Crippen LogP contribution in [0, 0.1) is 0 Å². The minimum atomic E-state index is -0.125. The Bertz CT molecular complexity index is 289. The standard InChI is InChI=1S/C7H8ClNOS.C2H6O2/c1-2-9-7(10)5-3-4-6(8)11-5;3-1-2-4/h3-4H,2H2,1H3,(H,9,10);3-4H,1-2H2. The Morgan fingerprint density at radius 1 is 1.47 bits per heavy atom. The Kier molecular flexibility index (Phi) is 8.31. The molecule has 0 saturated carbocycles. The molecule has 1 heterocycles. The lowest BCUT2D eigenvalue weighted by atomic mass is 10.4. The topological polar surface area (TPSA) is 69.6 Å². The highest BCUT2D eigenvalue weighted by Gasteiger charge is 2.05. The monoisotopic (exact) mass is 251 g/mol. The first kappa shape index (κ1) is 14.4. The van der Waals surface area contributed by atoms with E-state index in [2.05, 4.69) is 5.32 Å². The van der Waals surface area contributed by atoms with Crippen molar-refractivity contribution in [3.8, 4) is 0 Å². The van der Waals surface area contributed by atoms with Crippen LogP contribution in [0.2, 0.25) is 4.34 Å².